The fourth-order valence-electron chi connectivity index (χ4n) is 1.16. The van der Waals surface area contributed by atoms with Crippen LogP contribution in [0.25, 0.3) is 0 Å². The second-order valence-electron chi connectivity index (χ2n) is 3.48. The highest BCUT2D eigenvalue weighted by Crippen LogP contribution is 2.47. The van der Waals surface area contributed by atoms with Gasteiger partial charge in [0.15, 0.2) is 0 Å². The Labute approximate surface area is 102 Å². The van der Waals surface area contributed by atoms with Gasteiger partial charge in [-0.2, -0.15) is 0 Å². The Morgan fingerprint density at radius 1 is 1.00 bits per heavy atom. The van der Waals surface area contributed by atoms with Gasteiger partial charge in [0, 0.05) is 0 Å². The van der Waals surface area contributed by atoms with Crippen molar-refractivity contribution in [3.8, 4) is 0 Å². The molecule has 1 aromatic carbocycles. The van der Waals surface area contributed by atoms with Gasteiger partial charge in [0.25, 0.3) is 0 Å². The van der Waals surface area contributed by atoms with Gasteiger partial charge in [-0.25, -0.2) is 4.57 Å². The van der Waals surface area contributed by atoms with Crippen LogP contribution in [0.5, 0.6) is 0 Å². The zero-order chi connectivity index (χ0) is 12.7. The lowest BCUT2D eigenvalue weighted by molar-refractivity contribution is 0.339. The molecule has 0 aliphatic carbocycles. The van der Waals surface area contributed by atoms with Crippen molar-refractivity contribution in [2.45, 2.75) is 20.8 Å². The molecule has 0 saturated carbocycles. The lowest BCUT2D eigenvalue weighted by Gasteiger charge is -2.15. The number of hydrogen-bond donors (Lipinski definition) is 0. The van der Waals surface area contributed by atoms with Crippen molar-refractivity contribution >= 4 is 12.9 Å². The first-order chi connectivity index (χ1) is 8.12. The second kappa shape index (κ2) is 6.31. The third-order valence-electron chi connectivity index (χ3n) is 2.02. The molecular formula is C13H17O3P. The summed E-state index contributed by atoms with van der Waals surface area (Å²) in [6.07, 6.45) is 6.09. The number of allylic oxidation sites excluding steroid dienone is 2. The zero-order valence-electron chi connectivity index (χ0n) is 10.3. The maximum atomic E-state index is 12.5. The van der Waals surface area contributed by atoms with Gasteiger partial charge in [0.1, 0.15) is 0 Å². The lowest BCUT2D eigenvalue weighted by atomic mass is 10.2. The van der Waals surface area contributed by atoms with E-state index in [1.807, 2.05) is 19.1 Å². The van der Waals surface area contributed by atoms with Crippen molar-refractivity contribution in [2.24, 2.45) is 0 Å². The van der Waals surface area contributed by atoms with Crippen LogP contribution in [0.4, 0.5) is 0 Å². The zero-order valence-corrected chi connectivity index (χ0v) is 11.2. The molecule has 92 valence electrons. The first kappa shape index (κ1) is 13.6. The highest BCUT2D eigenvalue weighted by atomic mass is 31.2. The number of hydrogen-bond acceptors (Lipinski definition) is 3. The quantitative estimate of drug-likeness (QED) is 0.588. The average molecular weight is 252 g/mol. The van der Waals surface area contributed by atoms with Crippen LogP contribution in [-0.4, -0.2) is 0 Å². The molecule has 0 unspecified atom stereocenters. The predicted octanol–water partition coefficient (Wildman–Crippen LogP) is 3.91. The van der Waals surface area contributed by atoms with Crippen LogP contribution in [0.1, 0.15) is 19.4 Å². The van der Waals surface area contributed by atoms with Crippen LogP contribution in [-0.2, 0) is 13.6 Å². The Kier molecular flexibility index (Phi) is 5.05. The molecular weight excluding hydrogens is 235 g/mol. The number of benzene rings is 1. The SMILES string of the molecule is CC=COP(=O)(OC=CC)c1ccc(C)cc1. The summed E-state index contributed by atoms with van der Waals surface area (Å²) >= 11 is 0. The highest BCUT2D eigenvalue weighted by molar-refractivity contribution is 7.62. The van der Waals surface area contributed by atoms with Gasteiger partial charge in [-0.3, -0.25) is 0 Å². The van der Waals surface area contributed by atoms with Gasteiger partial charge in [0.05, 0.1) is 17.8 Å². The van der Waals surface area contributed by atoms with Crippen LogP contribution in [0.2, 0.25) is 0 Å². The molecule has 17 heavy (non-hydrogen) atoms. The second-order valence-corrected chi connectivity index (χ2v) is 5.42. The van der Waals surface area contributed by atoms with E-state index in [4.69, 9.17) is 9.05 Å². The summed E-state index contributed by atoms with van der Waals surface area (Å²) in [4.78, 5) is 0. The van der Waals surface area contributed by atoms with Crippen LogP contribution in [0.3, 0.4) is 0 Å². The molecule has 0 N–H and O–H groups in total. The van der Waals surface area contributed by atoms with E-state index < -0.39 is 7.60 Å². The summed E-state index contributed by atoms with van der Waals surface area (Å²) < 4.78 is 22.9. The van der Waals surface area contributed by atoms with Gasteiger partial charge in [-0.05, 0) is 32.9 Å². The third kappa shape index (κ3) is 3.79. The molecule has 0 spiro atoms. The van der Waals surface area contributed by atoms with E-state index in [0.717, 1.165) is 5.56 Å². The maximum Gasteiger partial charge on any atom is 0.461 e. The normalized spacial score (nSPS) is 15.0. The Morgan fingerprint density at radius 3 is 1.88 bits per heavy atom. The molecule has 0 fully saturated rings. The van der Waals surface area contributed by atoms with E-state index in [0.29, 0.717) is 5.30 Å². The molecule has 0 heterocycles. The molecule has 0 atom stereocenters. The highest BCUT2D eigenvalue weighted by Gasteiger charge is 2.27. The molecule has 0 bridgehead atoms. The van der Waals surface area contributed by atoms with E-state index >= 15 is 0 Å². The minimum atomic E-state index is -3.30. The van der Waals surface area contributed by atoms with Crippen LogP contribution in [0, 0.1) is 6.92 Å². The first-order valence-electron chi connectivity index (χ1n) is 5.39. The van der Waals surface area contributed by atoms with Crippen molar-refractivity contribution in [3.05, 3.63) is 54.5 Å². The molecule has 0 aliphatic heterocycles. The summed E-state index contributed by atoms with van der Waals surface area (Å²) in [7, 11) is -3.30. The Bertz CT molecular complexity index is 428. The van der Waals surface area contributed by atoms with Gasteiger partial charge < -0.3 is 9.05 Å². The van der Waals surface area contributed by atoms with Crippen molar-refractivity contribution in [1.82, 2.24) is 0 Å². The molecule has 0 amide bonds. The minimum absolute atomic E-state index is 0.541. The van der Waals surface area contributed by atoms with E-state index in [-0.39, 0.29) is 0 Å². The van der Waals surface area contributed by atoms with Crippen LogP contribution < -0.4 is 5.30 Å². The number of aryl methyl sites for hydroxylation is 1. The van der Waals surface area contributed by atoms with Crippen molar-refractivity contribution < 1.29 is 13.6 Å². The van der Waals surface area contributed by atoms with Gasteiger partial charge in [0.2, 0.25) is 0 Å². The monoisotopic (exact) mass is 252 g/mol. The third-order valence-corrected chi connectivity index (χ3v) is 3.75. The van der Waals surface area contributed by atoms with E-state index in [9.17, 15) is 4.57 Å². The average Bonchev–Trinajstić information content (AvgIpc) is 2.34. The fourth-order valence-corrected chi connectivity index (χ4v) is 2.53. The predicted molar refractivity (Wildman–Crippen MR) is 70.2 cm³/mol. The Hall–Kier alpha value is -1.47. The van der Waals surface area contributed by atoms with E-state index in [1.54, 1.807) is 38.1 Å². The van der Waals surface area contributed by atoms with Gasteiger partial charge in [-0.15, -0.1) is 0 Å². The summed E-state index contributed by atoms with van der Waals surface area (Å²) in [5.74, 6) is 0. The summed E-state index contributed by atoms with van der Waals surface area (Å²) in [6.45, 7) is 5.54. The molecule has 3 nitrogen and oxygen atoms in total. The van der Waals surface area contributed by atoms with E-state index in [1.165, 1.54) is 12.5 Å². The molecule has 0 radical (unpaired) electrons. The Morgan fingerprint density at radius 2 is 1.47 bits per heavy atom. The summed E-state index contributed by atoms with van der Waals surface area (Å²) in [5, 5.41) is 0.541. The Balaban J connectivity index is 3.04. The maximum absolute atomic E-state index is 12.5. The van der Waals surface area contributed by atoms with Crippen molar-refractivity contribution in [1.29, 1.82) is 0 Å². The minimum Gasteiger partial charge on any atom is -0.421 e. The van der Waals surface area contributed by atoms with Crippen molar-refractivity contribution in [2.75, 3.05) is 0 Å². The molecule has 0 aromatic heterocycles. The van der Waals surface area contributed by atoms with Crippen LogP contribution >= 0.6 is 7.60 Å². The lowest BCUT2D eigenvalue weighted by Crippen LogP contribution is -2.06. The molecule has 1 aromatic rings. The van der Waals surface area contributed by atoms with Gasteiger partial charge in [-0.1, -0.05) is 29.8 Å². The summed E-state index contributed by atoms with van der Waals surface area (Å²) in [6, 6.07) is 7.26. The van der Waals surface area contributed by atoms with Crippen molar-refractivity contribution in [3.63, 3.8) is 0 Å². The first-order valence-corrected chi connectivity index (χ1v) is 6.93. The smallest absolute Gasteiger partial charge is 0.421 e. The molecule has 1 rings (SSSR count). The topological polar surface area (TPSA) is 35.5 Å². The standard InChI is InChI=1S/C13H17O3P/c1-4-10-15-17(14,16-11-5-2)13-8-6-12(3)7-9-13/h4-11H,1-3H3. The van der Waals surface area contributed by atoms with Gasteiger partial charge >= 0.3 is 7.60 Å². The van der Waals surface area contributed by atoms with Crippen LogP contribution in [0.15, 0.2) is 48.9 Å². The number of rotatable bonds is 5. The molecule has 0 saturated heterocycles. The fraction of sp³-hybridized carbons (Fsp3) is 0.231. The summed E-state index contributed by atoms with van der Waals surface area (Å²) in [5.41, 5.74) is 1.09. The molecule has 0 aliphatic rings. The molecule has 4 heteroatoms. The largest absolute Gasteiger partial charge is 0.461 e. The van der Waals surface area contributed by atoms with E-state index in [2.05, 4.69) is 0 Å².